The van der Waals surface area contributed by atoms with Gasteiger partial charge in [0.25, 0.3) is 6.17 Å². The minimum atomic E-state index is -7.14. The zero-order chi connectivity index (χ0) is 13.6. The normalized spacial score (nSPS) is 17.3. The third kappa shape index (κ3) is 2.36. The van der Waals surface area contributed by atoms with Crippen LogP contribution in [0.25, 0.3) is 0 Å². The van der Waals surface area contributed by atoms with Gasteiger partial charge < -0.3 is 4.55 Å². The summed E-state index contributed by atoms with van der Waals surface area (Å²) in [5, 5.41) is -6.70. The predicted octanol–water partition coefficient (Wildman–Crippen LogP) is 1.66. The molecule has 1 unspecified atom stereocenters. The Bertz CT molecular complexity index is 356. The Morgan fingerprint density at radius 2 is 1.25 bits per heavy atom. The van der Waals surface area contributed by atoms with Crippen molar-refractivity contribution in [1.29, 1.82) is 0 Å². The summed E-state index contributed by atoms with van der Waals surface area (Å²) in [5.74, 6) is -6.70. The SMILES string of the molecule is O=S(=O)([O-])C(F)(F)C(F)(F)C(F)C(F)(F)F. The van der Waals surface area contributed by atoms with Crippen LogP contribution in [0.2, 0.25) is 0 Å². The molecule has 0 heterocycles. The summed E-state index contributed by atoms with van der Waals surface area (Å²) in [5.41, 5.74) is 0. The predicted molar refractivity (Wildman–Crippen MR) is 30.5 cm³/mol. The van der Waals surface area contributed by atoms with Crippen LogP contribution < -0.4 is 0 Å². The van der Waals surface area contributed by atoms with Crippen molar-refractivity contribution < 1.29 is 48.1 Å². The fourth-order valence-corrected chi connectivity index (χ4v) is 0.957. The second-order valence-corrected chi connectivity index (χ2v) is 3.92. The van der Waals surface area contributed by atoms with Gasteiger partial charge in [0.05, 0.1) is 0 Å². The molecule has 0 radical (unpaired) electrons. The maximum absolute atomic E-state index is 12.2. The highest BCUT2D eigenvalue weighted by Gasteiger charge is 2.72. The van der Waals surface area contributed by atoms with Crippen molar-refractivity contribution in [2.75, 3.05) is 0 Å². The molecular formula is C4HF8O3S-. The van der Waals surface area contributed by atoms with Crippen molar-refractivity contribution in [3.8, 4) is 0 Å². The maximum Gasteiger partial charge on any atom is 0.425 e. The van der Waals surface area contributed by atoms with Crippen molar-refractivity contribution in [2.45, 2.75) is 23.5 Å². The molecule has 12 heteroatoms. The summed E-state index contributed by atoms with van der Waals surface area (Å²) in [6, 6.07) is 0. The number of hydrogen-bond acceptors (Lipinski definition) is 3. The van der Waals surface area contributed by atoms with Crippen LogP contribution in [-0.4, -0.2) is 36.5 Å². The van der Waals surface area contributed by atoms with Gasteiger partial charge in [-0.25, -0.2) is 12.8 Å². The first-order chi connectivity index (χ1) is 6.65. The van der Waals surface area contributed by atoms with E-state index in [1.807, 2.05) is 0 Å². The maximum atomic E-state index is 12.2. The van der Waals surface area contributed by atoms with E-state index in [0.29, 0.717) is 0 Å². The molecule has 98 valence electrons. The largest absolute Gasteiger partial charge is 0.743 e. The van der Waals surface area contributed by atoms with Gasteiger partial charge in [0.2, 0.25) is 0 Å². The van der Waals surface area contributed by atoms with Crippen molar-refractivity contribution >= 4 is 10.1 Å². The zero-order valence-corrected chi connectivity index (χ0v) is 7.55. The molecule has 0 saturated carbocycles. The second-order valence-electron chi connectivity index (χ2n) is 2.50. The Kier molecular flexibility index (Phi) is 3.53. The Labute approximate surface area is 82.8 Å². The molecule has 0 spiro atoms. The Morgan fingerprint density at radius 3 is 1.44 bits per heavy atom. The van der Waals surface area contributed by atoms with Gasteiger partial charge in [-0.3, -0.25) is 0 Å². The van der Waals surface area contributed by atoms with Crippen LogP contribution in [-0.2, 0) is 10.1 Å². The third-order valence-corrected chi connectivity index (χ3v) is 2.21. The lowest BCUT2D eigenvalue weighted by molar-refractivity contribution is -0.285. The van der Waals surface area contributed by atoms with E-state index in [0.717, 1.165) is 0 Å². The van der Waals surface area contributed by atoms with E-state index in [-0.39, 0.29) is 0 Å². The highest BCUT2D eigenvalue weighted by atomic mass is 32.2. The number of halogens is 8. The molecule has 0 aliphatic heterocycles. The molecule has 3 nitrogen and oxygen atoms in total. The van der Waals surface area contributed by atoms with E-state index in [1.165, 1.54) is 0 Å². The Morgan fingerprint density at radius 1 is 0.938 bits per heavy atom. The fourth-order valence-electron chi connectivity index (χ4n) is 0.520. The Balaban J connectivity index is 5.55. The van der Waals surface area contributed by atoms with Crippen LogP contribution in [0.4, 0.5) is 35.1 Å². The highest BCUT2D eigenvalue weighted by Crippen LogP contribution is 2.46. The van der Waals surface area contributed by atoms with Gasteiger partial charge in [0.15, 0.2) is 10.1 Å². The monoisotopic (exact) mass is 281 g/mol. The molecular weight excluding hydrogens is 280 g/mol. The molecule has 16 heavy (non-hydrogen) atoms. The summed E-state index contributed by atoms with van der Waals surface area (Å²) < 4.78 is 123. The highest BCUT2D eigenvalue weighted by molar-refractivity contribution is 7.86. The minimum Gasteiger partial charge on any atom is -0.743 e. The second kappa shape index (κ2) is 3.68. The lowest BCUT2D eigenvalue weighted by Crippen LogP contribution is -2.56. The molecule has 0 bridgehead atoms. The molecule has 0 aliphatic carbocycles. The van der Waals surface area contributed by atoms with Crippen LogP contribution in [0, 0.1) is 0 Å². The van der Waals surface area contributed by atoms with Crippen molar-refractivity contribution in [3.05, 3.63) is 0 Å². The van der Waals surface area contributed by atoms with Crippen LogP contribution in [0.5, 0.6) is 0 Å². The van der Waals surface area contributed by atoms with Crippen LogP contribution >= 0.6 is 0 Å². The van der Waals surface area contributed by atoms with Gasteiger partial charge in [0.1, 0.15) is 0 Å². The first-order valence-electron chi connectivity index (χ1n) is 3.07. The van der Waals surface area contributed by atoms with Crippen molar-refractivity contribution in [3.63, 3.8) is 0 Å². The van der Waals surface area contributed by atoms with Crippen LogP contribution in [0.1, 0.15) is 0 Å². The molecule has 0 amide bonds. The zero-order valence-electron chi connectivity index (χ0n) is 6.73. The minimum absolute atomic E-state index is 5.47. The third-order valence-electron chi connectivity index (χ3n) is 1.31. The molecule has 0 aromatic rings. The van der Waals surface area contributed by atoms with E-state index in [4.69, 9.17) is 0 Å². The average Bonchev–Trinajstić information content (AvgIpc) is 1.98. The average molecular weight is 281 g/mol. The molecule has 1 atom stereocenters. The summed E-state index contributed by atoms with van der Waals surface area (Å²) >= 11 is 0. The molecule has 0 saturated heterocycles. The number of alkyl halides is 8. The van der Waals surface area contributed by atoms with Crippen molar-refractivity contribution in [2.24, 2.45) is 0 Å². The van der Waals surface area contributed by atoms with E-state index in [2.05, 4.69) is 0 Å². The summed E-state index contributed by atoms with van der Waals surface area (Å²) in [4.78, 5) is 0. The van der Waals surface area contributed by atoms with E-state index in [1.54, 1.807) is 0 Å². The molecule has 0 aromatic carbocycles. The van der Waals surface area contributed by atoms with Gasteiger partial charge in [0, 0.05) is 0 Å². The summed E-state index contributed by atoms with van der Waals surface area (Å²) in [6.45, 7) is 0. The first kappa shape index (κ1) is 15.3. The van der Waals surface area contributed by atoms with Gasteiger partial charge in [-0.1, -0.05) is 0 Å². The molecule has 0 fully saturated rings. The van der Waals surface area contributed by atoms with Crippen LogP contribution in [0.15, 0.2) is 0 Å². The van der Waals surface area contributed by atoms with Gasteiger partial charge in [-0.2, -0.15) is 30.7 Å². The lowest BCUT2D eigenvalue weighted by Gasteiger charge is -2.31. The van der Waals surface area contributed by atoms with E-state index >= 15 is 0 Å². The number of rotatable bonds is 3. The van der Waals surface area contributed by atoms with E-state index in [9.17, 15) is 48.1 Å². The van der Waals surface area contributed by atoms with Crippen molar-refractivity contribution in [1.82, 2.24) is 0 Å². The smallest absolute Gasteiger partial charge is 0.425 e. The fraction of sp³-hybridized carbons (Fsp3) is 1.00. The summed E-state index contributed by atoms with van der Waals surface area (Å²) in [7, 11) is -7.14. The van der Waals surface area contributed by atoms with Crippen LogP contribution in [0.3, 0.4) is 0 Å². The molecule has 0 aliphatic rings. The van der Waals surface area contributed by atoms with Gasteiger partial charge >= 0.3 is 17.4 Å². The topological polar surface area (TPSA) is 57.2 Å². The molecule has 0 aromatic heterocycles. The van der Waals surface area contributed by atoms with Gasteiger partial charge in [-0.05, 0) is 0 Å². The lowest BCUT2D eigenvalue weighted by atomic mass is 10.2. The number of hydrogen-bond donors (Lipinski definition) is 0. The standard InChI is InChI=1S/C4H2F8O3S/c5-1(3(8,9)10)2(6,7)4(11,12)16(13,14)15/h1H,(H,13,14,15)/p-1. The van der Waals surface area contributed by atoms with Gasteiger partial charge in [-0.15, -0.1) is 0 Å². The summed E-state index contributed by atoms with van der Waals surface area (Å²) in [6.07, 6.45) is -11.9. The molecule has 0 rings (SSSR count). The Hall–Kier alpha value is -0.650. The quantitative estimate of drug-likeness (QED) is 0.584. The molecule has 0 N–H and O–H groups in total. The first-order valence-corrected chi connectivity index (χ1v) is 4.48. The van der Waals surface area contributed by atoms with E-state index < -0.39 is 33.6 Å².